The standard InChI is InChI=1S/C23H27F3N6O/c1-14-30-21-9-16(13-32-3-5-33-6-4-32)20(28-2)11-19(21)22(31-14)29-12-15-7-17(23(24,25)26)10-18(27)8-15/h7-11,28H,3-6,12-13,27H2,1-2H3,(H,29,30,31). The van der Waals surface area contributed by atoms with Gasteiger partial charge in [-0.05, 0) is 48.4 Å². The molecule has 3 aromatic rings. The van der Waals surface area contributed by atoms with Crippen LogP contribution >= 0.6 is 0 Å². The fourth-order valence-electron chi connectivity index (χ4n) is 4.00. The summed E-state index contributed by atoms with van der Waals surface area (Å²) in [5.74, 6) is 1.13. The molecule has 1 fully saturated rings. The highest BCUT2D eigenvalue weighted by Gasteiger charge is 2.31. The molecule has 1 aromatic heterocycles. The number of nitrogen functional groups attached to an aromatic ring is 1. The minimum Gasteiger partial charge on any atom is -0.399 e. The van der Waals surface area contributed by atoms with E-state index in [0.717, 1.165) is 67.1 Å². The third-order valence-corrected chi connectivity index (χ3v) is 5.60. The number of nitrogens with one attached hydrogen (secondary N) is 2. The maximum atomic E-state index is 13.1. The Balaban J connectivity index is 1.63. The van der Waals surface area contributed by atoms with E-state index in [1.807, 2.05) is 19.2 Å². The molecular formula is C23H27F3N6O. The van der Waals surface area contributed by atoms with Crippen LogP contribution in [-0.2, 0) is 24.0 Å². The van der Waals surface area contributed by atoms with Crippen molar-refractivity contribution in [1.29, 1.82) is 0 Å². The van der Waals surface area contributed by atoms with Crippen LogP contribution in [0.5, 0.6) is 0 Å². The summed E-state index contributed by atoms with van der Waals surface area (Å²) in [6.45, 7) is 5.89. The van der Waals surface area contributed by atoms with E-state index in [2.05, 4.69) is 25.5 Å². The van der Waals surface area contributed by atoms with E-state index < -0.39 is 11.7 Å². The van der Waals surface area contributed by atoms with Gasteiger partial charge in [-0.25, -0.2) is 9.97 Å². The Bertz CT molecular complexity index is 1150. The van der Waals surface area contributed by atoms with Crippen LogP contribution in [-0.4, -0.2) is 48.2 Å². The van der Waals surface area contributed by atoms with Crippen molar-refractivity contribution in [2.24, 2.45) is 0 Å². The van der Waals surface area contributed by atoms with Crippen LogP contribution in [0, 0.1) is 6.92 Å². The maximum absolute atomic E-state index is 13.1. The number of fused-ring (bicyclic) bond motifs is 1. The Hall–Kier alpha value is -3.11. The van der Waals surface area contributed by atoms with Gasteiger partial charge >= 0.3 is 6.18 Å². The van der Waals surface area contributed by atoms with E-state index in [9.17, 15) is 13.2 Å². The Morgan fingerprint density at radius 2 is 1.85 bits per heavy atom. The van der Waals surface area contributed by atoms with Crippen LogP contribution in [0.25, 0.3) is 10.9 Å². The molecule has 0 amide bonds. The number of rotatable bonds is 6. The SMILES string of the molecule is CNc1cc2c(NCc3cc(N)cc(C(F)(F)F)c3)nc(C)nc2cc1CN1CCOCC1. The van der Waals surface area contributed by atoms with Gasteiger partial charge in [-0.3, -0.25) is 4.90 Å². The van der Waals surface area contributed by atoms with Crippen molar-refractivity contribution in [1.82, 2.24) is 14.9 Å². The number of aryl methyl sites for hydroxylation is 1. The minimum absolute atomic E-state index is 0.0653. The molecule has 2 heterocycles. The molecule has 0 atom stereocenters. The molecule has 2 aromatic carbocycles. The summed E-state index contributed by atoms with van der Waals surface area (Å²) in [6, 6.07) is 7.58. The van der Waals surface area contributed by atoms with Gasteiger partial charge in [0.15, 0.2) is 0 Å². The molecule has 33 heavy (non-hydrogen) atoms. The van der Waals surface area contributed by atoms with E-state index in [1.54, 1.807) is 6.92 Å². The van der Waals surface area contributed by atoms with Gasteiger partial charge in [0, 0.05) is 50.0 Å². The number of hydrogen-bond donors (Lipinski definition) is 3. The lowest BCUT2D eigenvalue weighted by molar-refractivity contribution is -0.137. The molecule has 0 bridgehead atoms. The second kappa shape index (κ2) is 9.40. The van der Waals surface area contributed by atoms with Crippen molar-refractivity contribution in [2.45, 2.75) is 26.2 Å². The summed E-state index contributed by atoms with van der Waals surface area (Å²) in [7, 11) is 1.86. The minimum atomic E-state index is -4.46. The number of nitrogens with two attached hydrogens (primary N) is 1. The second-order valence-electron chi connectivity index (χ2n) is 8.10. The van der Waals surface area contributed by atoms with E-state index >= 15 is 0 Å². The van der Waals surface area contributed by atoms with Gasteiger partial charge in [-0.15, -0.1) is 0 Å². The molecule has 10 heteroatoms. The van der Waals surface area contributed by atoms with Crippen LogP contribution in [0.3, 0.4) is 0 Å². The zero-order chi connectivity index (χ0) is 23.6. The molecule has 0 saturated carbocycles. The molecule has 7 nitrogen and oxygen atoms in total. The molecular weight excluding hydrogens is 433 g/mol. The zero-order valence-electron chi connectivity index (χ0n) is 18.6. The highest BCUT2D eigenvalue weighted by Crippen LogP contribution is 2.32. The number of benzene rings is 2. The number of morpholine rings is 1. The quantitative estimate of drug-likeness (QED) is 0.479. The summed E-state index contributed by atoms with van der Waals surface area (Å²) in [5, 5.41) is 7.20. The second-order valence-corrected chi connectivity index (χ2v) is 8.10. The molecule has 1 saturated heterocycles. The molecule has 1 aliphatic rings. The van der Waals surface area contributed by atoms with Crippen LogP contribution < -0.4 is 16.4 Å². The number of anilines is 3. The molecule has 0 aliphatic carbocycles. The summed E-state index contributed by atoms with van der Waals surface area (Å²) in [5.41, 5.74) is 8.25. The first-order valence-corrected chi connectivity index (χ1v) is 10.7. The molecule has 4 N–H and O–H groups in total. The van der Waals surface area contributed by atoms with E-state index in [-0.39, 0.29) is 12.2 Å². The average Bonchev–Trinajstić information content (AvgIpc) is 2.76. The van der Waals surface area contributed by atoms with Gasteiger partial charge in [-0.1, -0.05) is 0 Å². The number of hydrogen-bond acceptors (Lipinski definition) is 7. The van der Waals surface area contributed by atoms with Crippen molar-refractivity contribution in [3.8, 4) is 0 Å². The predicted octanol–water partition coefficient (Wildman–Crippen LogP) is 4.03. The van der Waals surface area contributed by atoms with Gasteiger partial charge in [0.05, 0.1) is 24.3 Å². The lowest BCUT2D eigenvalue weighted by atomic mass is 10.1. The lowest BCUT2D eigenvalue weighted by Crippen LogP contribution is -2.35. The fourth-order valence-corrected chi connectivity index (χ4v) is 4.00. The summed E-state index contributed by atoms with van der Waals surface area (Å²) in [6.07, 6.45) is -4.46. The Labute approximate surface area is 190 Å². The number of aromatic nitrogens is 2. The first-order chi connectivity index (χ1) is 15.7. The molecule has 176 valence electrons. The highest BCUT2D eigenvalue weighted by atomic mass is 19.4. The lowest BCUT2D eigenvalue weighted by Gasteiger charge is -2.27. The molecule has 0 unspecified atom stereocenters. The first kappa shape index (κ1) is 23.1. The first-order valence-electron chi connectivity index (χ1n) is 10.7. The van der Waals surface area contributed by atoms with Gasteiger partial charge < -0.3 is 21.1 Å². The average molecular weight is 461 g/mol. The fraction of sp³-hybridized carbons (Fsp3) is 0.391. The smallest absolute Gasteiger partial charge is 0.399 e. The zero-order valence-corrected chi connectivity index (χ0v) is 18.6. The van der Waals surface area contributed by atoms with E-state index in [1.165, 1.54) is 6.07 Å². The molecule has 4 rings (SSSR count). The number of halogens is 3. The highest BCUT2D eigenvalue weighted by molar-refractivity contribution is 5.92. The van der Waals surface area contributed by atoms with Crippen LogP contribution in [0.4, 0.5) is 30.4 Å². The van der Waals surface area contributed by atoms with E-state index in [0.29, 0.717) is 17.2 Å². The Kier molecular flexibility index (Phi) is 6.57. The third kappa shape index (κ3) is 5.45. The Morgan fingerprint density at radius 1 is 1.09 bits per heavy atom. The normalized spacial score (nSPS) is 15.1. The van der Waals surface area contributed by atoms with Crippen LogP contribution in [0.15, 0.2) is 30.3 Å². The van der Waals surface area contributed by atoms with Gasteiger partial charge in [0.2, 0.25) is 0 Å². The van der Waals surface area contributed by atoms with Gasteiger partial charge in [0.25, 0.3) is 0 Å². The molecule has 0 radical (unpaired) electrons. The van der Waals surface area contributed by atoms with Gasteiger partial charge in [-0.2, -0.15) is 13.2 Å². The number of ether oxygens (including phenoxy) is 1. The molecule has 1 aliphatic heterocycles. The molecule has 0 spiro atoms. The summed E-state index contributed by atoms with van der Waals surface area (Å²) >= 11 is 0. The van der Waals surface area contributed by atoms with Crippen molar-refractivity contribution in [2.75, 3.05) is 49.7 Å². The van der Waals surface area contributed by atoms with Gasteiger partial charge in [0.1, 0.15) is 11.6 Å². The topological polar surface area (TPSA) is 88.3 Å². The number of nitrogens with zero attached hydrogens (tertiary/aromatic N) is 3. The van der Waals surface area contributed by atoms with Crippen molar-refractivity contribution >= 4 is 28.1 Å². The number of alkyl halides is 3. The van der Waals surface area contributed by atoms with Crippen molar-refractivity contribution in [3.63, 3.8) is 0 Å². The monoisotopic (exact) mass is 460 g/mol. The van der Waals surface area contributed by atoms with Crippen LogP contribution in [0.2, 0.25) is 0 Å². The van der Waals surface area contributed by atoms with Crippen LogP contribution in [0.1, 0.15) is 22.5 Å². The van der Waals surface area contributed by atoms with E-state index in [4.69, 9.17) is 10.5 Å². The maximum Gasteiger partial charge on any atom is 0.416 e. The third-order valence-electron chi connectivity index (χ3n) is 5.60. The Morgan fingerprint density at radius 3 is 2.55 bits per heavy atom. The largest absolute Gasteiger partial charge is 0.416 e. The predicted molar refractivity (Wildman–Crippen MR) is 123 cm³/mol. The summed E-state index contributed by atoms with van der Waals surface area (Å²) in [4.78, 5) is 11.4. The van der Waals surface area contributed by atoms with Crippen molar-refractivity contribution < 1.29 is 17.9 Å². The summed E-state index contributed by atoms with van der Waals surface area (Å²) < 4.78 is 44.9. The van der Waals surface area contributed by atoms with Crippen molar-refractivity contribution in [3.05, 3.63) is 52.8 Å².